The minimum atomic E-state index is -0.241. The van der Waals surface area contributed by atoms with E-state index in [2.05, 4.69) is 22.4 Å². The van der Waals surface area contributed by atoms with E-state index in [0.29, 0.717) is 10.8 Å². The summed E-state index contributed by atoms with van der Waals surface area (Å²) in [5.41, 5.74) is 3.02. The number of nitrogens with one attached hydrogen (secondary N) is 1. The number of rotatable bonds is 4. The lowest BCUT2D eigenvalue weighted by Gasteiger charge is -2.35. The molecular weight excluding hydrogens is 326 g/mol. The third-order valence-electron chi connectivity index (χ3n) is 4.29. The second kappa shape index (κ2) is 7.64. The minimum absolute atomic E-state index is 0.0256. The average Bonchev–Trinajstić information content (AvgIpc) is 2.61. The van der Waals surface area contributed by atoms with Gasteiger partial charge in [0.2, 0.25) is 0 Å². The molecule has 1 aromatic carbocycles. The van der Waals surface area contributed by atoms with E-state index in [0.717, 1.165) is 19.3 Å². The van der Waals surface area contributed by atoms with Gasteiger partial charge in [-0.15, -0.1) is 0 Å². The highest BCUT2D eigenvalue weighted by Gasteiger charge is 2.28. The van der Waals surface area contributed by atoms with Gasteiger partial charge in [0.1, 0.15) is 5.15 Å². The summed E-state index contributed by atoms with van der Waals surface area (Å²) < 4.78 is 0. The Bertz CT molecular complexity index is 706. The third kappa shape index (κ3) is 3.68. The molecule has 5 nitrogen and oxygen atoms in total. The summed E-state index contributed by atoms with van der Waals surface area (Å²) in [7, 11) is 0. The van der Waals surface area contributed by atoms with Crippen molar-refractivity contribution in [1.29, 1.82) is 0 Å². The summed E-state index contributed by atoms with van der Waals surface area (Å²) in [4.78, 5) is 18.4. The van der Waals surface area contributed by atoms with Gasteiger partial charge in [0.25, 0.3) is 0 Å². The predicted octanol–water partition coefficient (Wildman–Crippen LogP) is 3.64. The van der Waals surface area contributed by atoms with Gasteiger partial charge in [-0.25, -0.2) is 9.78 Å². The fourth-order valence-electron chi connectivity index (χ4n) is 3.20. The van der Waals surface area contributed by atoms with Gasteiger partial charge in [-0.1, -0.05) is 35.9 Å². The molecule has 1 aromatic heterocycles. The quantitative estimate of drug-likeness (QED) is 0.831. The number of amides is 2. The lowest BCUT2D eigenvalue weighted by molar-refractivity contribution is 0.155. The molecule has 0 aliphatic heterocycles. The first-order chi connectivity index (χ1) is 11.7. The Balaban J connectivity index is 1.82. The fraction of sp³-hybridized carbons (Fsp3) is 0.333. The van der Waals surface area contributed by atoms with E-state index in [1.165, 1.54) is 17.3 Å². The number of nitrogens with zero attached hydrogens (tertiary/aromatic N) is 2. The van der Waals surface area contributed by atoms with Gasteiger partial charge in [0.15, 0.2) is 0 Å². The first-order valence-electron chi connectivity index (χ1n) is 8.07. The van der Waals surface area contributed by atoms with Gasteiger partial charge < -0.3 is 15.3 Å². The average molecular weight is 346 g/mol. The van der Waals surface area contributed by atoms with Crippen molar-refractivity contribution in [1.82, 2.24) is 9.88 Å². The highest BCUT2D eigenvalue weighted by molar-refractivity contribution is 6.29. The lowest BCUT2D eigenvalue weighted by Crippen LogP contribution is -2.41. The molecule has 3 rings (SSSR count). The third-order valence-corrected chi connectivity index (χ3v) is 4.52. The van der Waals surface area contributed by atoms with Crippen molar-refractivity contribution in [2.75, 3.05) is 18.5 Å². The fourth-order valence-corrected chi connectivity index (χ4v) is 3.32. The topological polar surface area (TPSA) is 65.5 Å². The molecule has 2 N–H and O–H groups in total. The molecule has 0 saturated carbocycles. The summed E-state index contributed by atoms with van der Waals surface area (Å²) in [6.45, 7) is 0.205. The molecule has 2 amide bonds. The summed E-state index contributed by atoms with van der Waals surface area (Å²) in [5, 5.41) is 12.6. The summed E-state index contributed by atoms with van der Waals surface area (Å²) in [5.74, 6) is 0. The maximum Gasteiger partial charge on any atom is 0.322 e. The summed E-state index contributed by atoms with van der Waals surface area (Å²) in [6, 6.07) is 11.3. The number of carbonyl (C=O) groups excluding carboxylic acids is 1. The number of anilines is 1. The number of aliphatic hydroxyl groups is 1. The molecule has 1 heterocycles. The Morgan fingerprint density at radius 3 is 2.92 bits per heavy atom. The van der Waals surface area contributed by atoms with Crippen molar-refractivity contribution < 1.29 is 9.90 Å². The second-order valence-electron chi connectivity index (χ2n) is 5.82. The maximum atomic E-state index is 12.7. The number of carbonyl (C=O) groups is 1. The highest BCUT2D eigenvalue weighted by Crippen LogP contribution is 2.34. The smallest absolute Gasteiger partial charge is 0.322 e. The van der Waals surface area contributed by atoms with Crippen molar-refractivity contribution in [3.05, 3.63) is 58.9 Å². The van der Waals surface area contributed by atoms with E-state index in [1.54, 1.807) is 17.0 Å². The second-order valence-corrected chi connectivity index (χ2v) is 6.21. The van der Waals surface area contributed by atoms with Gasteiger partial charge in [-0.2, -0.15) is 0 Å². The van der Waals surface area contributed by atoms with E-state index in [-0.39, 0.29) is 25.2 Å². The molecule has 6 heteroatoms. The molecular formula is C18H20ClN3O2. The molecule has 1 aliphatic rings. The largest absolute Gasteiger partial charge is 0.395 e. The van der Waals surface area contributed by atoms with Crippen LogP contribution in [0.1, 0.15) is 30.0 Å². The van der Waals surface area contributed by atoms with Crippen molar-refractivity contribution in [2.45, 2.75) is 25.3 Å². The highest BCUT2D eigenvalue weighted by atomic mass is 35.5. The van der Waals surface area contributed by atoms with Crippen molar-refractivity contribution in [3.8, 4) is 0 Å². The lowest BCUT2D eigenvalue weighted by atomic mass is 9.87. The Kier molecular flexibility index (Phi) is 5.33. The normalized spacial score (nSPS) is 16.3. The number of fused-ring (bicyclic) bond motifs is 1. The number of benzene rings is 1. The number of aromatic nitrogens is 1. The SMILES string of the molecule is O=C(Nc1ccc(Cl)nc1)N(CCO)C1CCCc2ccccc21. The van der Waals surface area contributed by atoms with Crippen LogP contribution < -0.4 is 5.32 Å². The molecule has 1 unspecified atom stereocenters. The standard InChI is InChI=1S/C18H20ClN3O2/c19-17-9-8-14(12-20-17)21-18(24)22(10-11-23)16-7-3-5-13-4-1-2-6-15(13)16/h1-2,4,6,8-9,12,16,23H,3,5,7,10-11H2,(H,21,24). The molecule has 0 spiro atoms. The van der Waals surface area contributed by atoms with Crippen LogP contribution in [-0.2, 0) is 6.42 Å². The van der Waals surface area contributed by atoms with Crippen molar-refractivity contribution in [3.63, 3.8) is 0 Å². The van der Waals surface area contributed by atoms with E-state index in [9.17, 15) is 9.90 Å². The summed E-state index contributed by atoms with van der Waals surface area (Å²) >= 11 is 5.77. The van der Waals surface area contributed by atoms with Crippen LogP contribution in [0, 0.1) is 0 Å². The molecule has 0 bridgehead atoms. The van der Waals surface area contributed by atoms with E-state index < -0.39 is 0 Å². The Hall–Kier alpha value is -2.11. The van der Waals surface area contributed by atoms with Crippen LogP contribution in [-0.4, -0.2) is 34.2 Å². The van der Waals surface area contributed by atoms with Crippen molar-refractivity contribution >= 4 is 23.3 Å². The van der Waals surface area contributed by atoms with Crippen molar-refractivity contribution in [2.24, 2.45) is 0 Å². The van der Waals surface area contributed by atoms with Crippen LogP contribution in [0.4, 0.5) is 10.5 Å². The minimum Gasteiger partial charge on any atom is -0.395 e. The number of hydrogen-bond acceptors (Lipinski definition) is 3. The van der Waals surface area contributed by atoms with Crippen LogP contribution >= 0.6 is 11.6 Å². The molecule has 24 heavy (non-hydrogen) atoms. The Morgan fingerprint density at radius 1 is 1.33 bits per heavy atom. The molecule has 1 atom stereocenters. The van der Waals surface area contributed by atoms with Gasteiger partial charge >= 0.3 is 6.03 Å². The number of urea groups is 1. The molecule has 126 valence electrons. The van der Waals surface area contributed by atoms with Gasteiger partial charge in [-0.3, -0.25) is 0 Å². The Labute approximate surface area is 146 Å². The number of pyridine rings is 1. The molecule has 2 aromatic rings. The number of aryl methyl sites for hydroxylation is 1. The number of hydrogen-bond donors (Lipinski definition) is 2. The zero-order valence-electron chi connectivity index (χ0n) is 13.3. The molecule has 0 saturated heterocycles. The van der Waals surface area contributed by atoms with Crippen LogP contribution in [0.3, 0.4) is 0 Å². The van der Waals surface area contributed by atoms with E-state index in [1.807, 2.05) is 12.1 Å². The molecule has 0 fully saturated rings. The van der Waals surface area contributed by atoms with Crippen LogP contribution in [0.25, 0.3) is 0 Å². The molecule has 1 aliphatic carbocycles. The number of halogens is 1. The zero-order chi connectivity index (χ0) is 16.9. The number of aliphatic hydroxyl groups excluding tert-OH is 1. The summed E-state index contributed by atoms with van der Waals surface area (Å²) in [6.07, 6.45) is 4.47. The Morgan fingerprint density at radius 2 is 2.17 bits per heavy atom. The van der Waals surface area contributed by atoms with E-state index in [4.69, 9.17) is 11.6 Å². The molecule has 0 radical (unpaired) electrons. The zero-order valence-corrected chi connectivity index (χ0v) is 14.0. The van der Waals surface area contributed by atoms with Gasteiger partial charge in [0.05, 0.1) is 24.5 Å². The monoisotopic (exact) mass is 345 g/mol. The van der Waals surface area contributed by atoms with Crippen LogP contribution in [0.5, 0.6) is 0 Å². The maximum absolute atomic E-state index is 12.7. The van der Waals surface area contributed by atoms with Crippen LogP contribution in [0.15, 0.2) is 42.6 Å². The van der Waals surface area contributed by atoms with Gasteiger partial charge in [0, 0.05) is 6.54 Å². The van der Waals surface area contributed by atoms with E-state index >= 15 is 0 Å². The first-order valence-corrected chi connectivity index (χ1v) is 8.44. The van der Waals surface area contributed by atoms with Gasteiger partial charge in [-0.05, 0) is 42.5 Å². The first kappa shape index (κ1) is 16.7. The van der Waals surface area contributed by atoms with Crippen LogP contribution in [0.2, 0.25) is 5.15 Å². The predicted molar refractivity (Wildman–Crippen MR) is 94.2 cm³/mol.